The average Bonchev–Trinajstić information content (AvgIpc) is 2.69. The van der Waals surface area contributed by atoms with E-state index in [-0.39, 0.29) is 11.8 Å². The fraction of sp³-hybridized carbons (Fsp3) is 0.136. The topological polar surface area (TPSA) is 71.1 Å². The van der Waals surface area contributed by atoms with Crippen molar-refractivity contribution in [1.29, 1.82) is 0 Å². The second kappa shape index (κ2) is 8.67. The third kappa shape index (κ3) is 4.75. The van der Waals surface area contributed by atoms with Crippen molar-refractivity contribution < 1.29 is 9.59 Å². The van der Waals surface area contributed by atoms with Gasteiger partial charge in [0.25, 0.3) is 11.8 Å². The van der Waals surface area contributed by atoms with Gasteiger partial charge in [0.2, 0.25) is 0 Å². The quantitative estimate of drug-likeness (QED) is 0.668. The Labute approximate surface area is 168 Å². The number of benzene rings is 2. The number of amides is 2. The van der Waals surface area contributed by atoms with Crippen LogP contribution in [0.5, 0.6) is 0 Å². The van der Waals surface area contributed by atoms with Crippen LogP contribution in [0, 0.1) is 13.8 Å². The molecule has 0 unspecified atom stereocenters. The van der Waals surface area contributed by atoms with E-state index in [1.807, 2.05) is 38.1 Å². The molecule has 0 radical (unpaired) electrons. The molecule has 0 saturated heterocycles. The SMILES string of the molecule is Cc1cc(C)c(NC(=O)c2cccc(C(=O)NCc3ccccn3)c2)c(Cl)c1. The molecule has 2 aromatic carbocycles. The van der Waals surface area contributed by atoms with Crippen LogP contribution < -0.4 is 10.6 Å². The number of carbonyl (C=O) groups excluding carboxylic acids is 2. The van der Waals surface area contributed by atoms with E-state index in [0.717, 1.165) is 16.8 Å². The molecule has 0 bridgehead atoms. The smallest absolute Gasteiger partial charge is 0.255 e. The normalized spacial score (nSPS) is 10.4. The number of hydrogen-bond donors (Lipinski definition) is 2. The number of pyridine rings is 1. The fourth-order valence-corrected chi connectivity index (χ4v) is 3.21. The maximum atomic E-state index is 12.6. The summed E-state index contributed by atoms with van der Waals surface area (Å²) < 4.78 is 0. The average molecular weight is 394 g/mol. The maximum absolute atomic E-state index is 12.6. The van der Waals surface area contributed by atoms with Gasteiger partial charge in [0.15, 0.2) is 0 Å². The van der Waals surface area contributed by atoms with Crippen LogP contribution in [-0.2, 0) is 6.54 Å². The number of aryl methyl sites for hydroxylation is 2. The minimum absolute atomic E-state index is 0.273. The van der Waals surface area contributed by atoms with E-state index in [9.17, 15) is 9.59 Å². The first kappa shape index (κ1) is 19.6. The van der Waals surface area contributed by atoms with Crippen LogP contribution in [0.2, 0.25) is 5.02 Å². The van der Waals surface area contributed by atoms with Gasteiger partial charge in [-0.25, -0.2) is 0 Å². The highest BCUT2D eigenvalue weighted by Crippen LogP contribution is 2.27. The number of hydrogen-bond acceptors (Lipinski definition) is 3. The highest BCUT2D eigenvalue weighted by molar-refractivity contribution is 6.34. The molecule has 28 heavy (non-hydrogen) atoms. The molecule has 0 fully saturated rings. The molecule has 2 N–H and O–H groups in total. The standard InChI is InChI=1S/C22H20ClN3O2/c1-14-10-15(2)20(19(23)11-14)26-22(28)17-7-5-6-16(12-17)21(27)25-13-18-8-3-4-9-24-18/h3-12H,13H2,1-2H3,(H,25,27)(H,26,28). The molecule has 5 nitrogen and oxygen atoms in total. The van der Waals surface area contributed by atoms with E-state index in [0.29, 0.717) is 28.4 Å². The zero-order valence-electron chi connectivity index (χ0n) is 15.6. The minimum Gasteiger partial charge on any atom is -0.346 e. The van der Waals surface area contributed by atoms with Gasteiger partial charge in [0.05, 0.1) is 22.9 Å². The van der Waals surface area contributed by atoms with Crippen molar-refractivity contribution >= 4 is 29.1 Å². The van der Waals surface area contributed by atoms with Crippen molar-refractivity contribution in [1.82, 2.24) is 10.3 Å². The summed E-state index contributed by atoms with van der Waals surface area (Å²) in [6.07, 6.45) is 1.67. The van der Waals surface area contributed by atoms with Crippen LogP contribution in [0.1, 0.15) is 37.5 Å². The van der Waals surface area contributed by atoms with Crippen LogP contribution >= 0.6 is 11.6 Å². The highest BCUT2D eigenvalue weighted by atomic mass is 35.5. The van der Waals surface area contributed by atoms with Crippen LogP contribution in [0.15, 0.2) is 60.8 Å². The molecule has 0 aliphatic carbocycles. The maximum Gasteiger partial charge on any atom is 0.255 e. The molecule has 0 saturated carbocycles. The number of carbonyl (C=O) groups is 2. The Hall–Kier alpha value is -3.18. The lowest BCUT2D eigenvalue weighted by atomic mass is 10.1. The van der Waals surface area contributed by atoms with E-state index in [1.54, 1.807) is 36.5 Å². The molecule has 1 aromatic heterocycles. The van der Waals surface area contributed by atoms with Gasteiger partial charge in [-0.3, -0.25) is 14.6 Å². The van der Waals surface area contributed by atoms with E-state index >= 15 is 0 Å². The van der Waals surface area contributed by atoms with Crippen molar-refractivity contribution in [2.45, 2.75) is 20.4 Å². The van der Waals surface area contributed by atoms with E-state index < -0.39 is 0 Å². The summed E-state index contributed by atoms with van der Waals surface area (Å²) >= 11 is 6.26. The lowest BCUT2D eigenvalue weighted by molar-refractivity contribution is 0.0950. The second-order valence-electron chi connectivity index (χ2n) is 6.48. The molecule has 0 aliphatic heterocycles. The van der Waals surface area contributed by atoms with Crippen LogP contribution in [0.25, 0.3) is 0 Å². The van der Waals surface area contributed by atoms with Crippen molar-refractivity contribution in [3.8, 4) is 0 Å². The number of rotatable bonds is 5. The predicted molar refractivity (Wildman–Crippen MR) is 111 cm³/mol. The fourth-order valence-electron chi connectivity index (χ4n) is 2.84. The van der Waals surface area contributed by atoms with E-state index in [4.69, 9.17) is 11.6 Å². The summed E-state index contributed by atoms with van der Waals surface area (Å²) in [5, 5.41) is 6.12. The molecule has 0 spiro atoms. The highest BCUT2D eigenvalue weighted by Gasteiger charge is 2.14. The monoisotopic (exact) mass is 393 g/mol. The number of nitrogens with zero attached hydrogens (tertiary/aromatic N) is 1. The molecule has 6 heteroatoms. The first-order valence-electron chi connectivity index (χ1n) is 8.80. The Balaban J connectivity index is 1.72. The van der Waals surface area contributed by atoms with Gasteiger partial charge in [0.1, 0.15) is 0 Å². The molecule has 1 heterocycles. The van der Waals surface area contributed by atoms with Crippen LogP contribution in [0.4, 0.5) is 5.69 Å². The summed E-state index contributed by atoms with van der Waals surface area (Å²) in [4.78, 5) is 29.2. The zero-order chi connectivity index (χ0) is 20.1. The van der Waals surface area contributed by atoms with Crippen molar-refractivity contribution in [3.63, 3.8) is 0 Å². The number of aromatic nitrogens is 1. The Morgan fingerprint density at radius 1 is 0.964 bits per heavy atom. The van der Waals surface area contributed by atoms with E-state index in [1.165, 1.54) is 0 Å². The van der Waals surface area contributed by atoms with Gasteiger partial charge in [-0.15, -0.1) is 0 Å². The van der Waals surface area contributed by atoms with Gasteiger partial charge in [-0.2, -0.15) is 0 Å². The summed E-state index contributed by atoms with van der Waals surface area (Å²) in [6, 6.07) is 15.8. The molecule has 3 rings (SSSR count). The summed E-state index contributed by atoms with van der Waals surface area (Å²) in [7, 11) is 0. The summed E-state index contributed by atoms with van der Waals surface area (Å²) in [6.45, 7) is 4.14. The van der Waals surface area contributed by atoms with Gasteiger partial charge in [0, 0.05) is 17.3 Å². The van der Waals surface area contributed by atoms with Crippen molar-refractivity contribution in [3.05, 3.63) is 93.8 Å². The van der Waals surface area contributed by atoms with Crippen molar-refractivity contribution in [2.75, 3.05) is 5.32 Å². The molecule has 0 aliphatic rings. The number of anilines is 1. The Kier molecular flexibility index (Phi) is 6.06. The van der Waals surface area contributed by atoms with Gasteiger partial charge >= 0.3 is 0 Å². The number of nitrogens with one attached hydrogen (secondary N) is 2. The Bertz CT molecular complexity index is 996. The third-order valence-electron chi connectivity index (χ3n) is 4.21. The van der Waals surface area contributed by atoms with Crippen molar-refractivity contribution in [2.24, 2.45) is 0 Å². The lowest BCUT2D eigenvalue weighted by Gasteiger charge is -2.12. The lowest BCUT2D eigenvalue weighted by Crippen LogP contribution is -2.23. The summed E-state index contributed by atoms with van der Waals surface area (Å²) in [5.74, 6) is -0.599. The zero-order valence-corrected chi connectivity index (χ0v) is 16.4. The van der Waals surface area contributed by atoms with Gasteiger partial charge < -0.3 is 10.6 Å². The molecular weight excluding hydrogens is 374 g/mol. The second-order valence-corrected chi connectivity index (χ2v) is 6.88. The molecule has 2 amide bonds. The molecule has 3 aromatic rings. The third-order valence-corrected chi connectivity index (χ3v) is 4.51. The molecule has 0 atom stereocenters. The van der Waals surface area contributed by atoms with Crippen LogP contribution in [0.3, 0.4) is 0 Å². The largest absolute Gasteiger partial charge is 0.346 e. The molecule has 142 valence electrons. The van der Waals surface area contributed by atoms with Gasteiger partial charge in [-0.05, 0) is 61.4 Å². The first-order chi connectivity index (χ1) is 13.4. The Morgan fingerprint density at radius 2 is 1.71 bits per heavy atom. The predicted octanol–water partition coefficient (Wildman–Crippen LogP) is 4.53. The Morgan fingerprint density at radius 3 is 2.39 bits per heavy atom. The van der Waals surface area contributed by atoms with Crippen LogP contribution in [-0.4, -0.2) is 16.8 Å². The molecular formula is C22H20ClN3O2. The number of halogens is 1. The summed E-state index contributed by atoms with van der Waals surface area (Å²) in [5.41, 5.74) is 4.00. The first-order valence-corrected chi connectivity index (χ1v) is 9.18. The minimum atomic E-state index is -0.326. The van der Waals surface area contributed by atoms with E-state index in [2.05, 4.69) is 15.6 Å². The van der Waals surface area contributed by atoms with Gasteiger partial charge in [-0.1, -0.05) is 29.8 Å².